The Balaban J connectivity index is 1.49. The molecule has 1 aliphatic rings. The molecule has 4 rings (SSSR count). The zero-order valence-corrected chi connectivity index (χ0v) is 20.3. The Morgan fingerprint density at radius 1 is 1.26 bits per heavy atom. The SMILES string of the molecule is Cn1c(C(=O)NC2(C)CCSCC2)nc2cnc(OCc3ncc(Cl)cc3OCC(F)F)cc21. The van der Waals surface area contributed by atoms with E-state index in [9.17, 15) is 13.6 Å². The third-order valence-electron chi connectivity index (χ3n) is 5.58. The van der Waals surface area contributed by atoms with Crippen LogP contribution in [0.4, 0.5) is 8.78 Å². The third-order valence-corrected chi connectivity index (χ3v) is 6.77. The van der Waals surface area contributed by atoms with E-state index in [1.807, 2.05) is 11.8 Å². The van der Waals surface area contributed by atoms with Gasteiger partial charge < -0.3 is 19.4 Å². The number of aromatic nitrogens is 4. The second-order valence-electron chi connectivity index (χ2n) is 8.22. The number of nitrogens with one attached hydrogen (secondary N) is 1. The number of pyridine rings is 2. The predicted octanol–water partition coefficient (Wildman–Crippen LogP) is 4.26. The van der Waals surface area contributed by atoms with Crippen LogP contribution in [0.2, 0.25) is 5.02 Å². The van der Waals surface area contributed by atoms with Gasteiger partial charge in [0.2, 0.25) is 5.88 Å². The highest BCUT2D eigenvalue weighted by Crippen LogP contribution is 2.28. The Kier molecular flexibility index (Phi) is 7.42. The van der Waals surface area contributed by atoms with Gasteiger partial charge in [0.25, 0.3) is 12.3 Å². The Labute approximate surface area is 204 Å². The quantitative estimate of drug-likeness (QED) is 0.483. The highest BCUT2D eigenvalue weighted by molar-refractivity contribution is 7.99. The third kappa shape index (κ3) is 5.69. The smallest absolute Gasteiger partial charge is 0.287 e. The Bertz CT molecular complexity index is 1190. The van der Waals surface area contributed by atoms with Gasteiger partial charge in [0.05, 0.1) is 16.7 Å². The summed E-state index contributed by atoms with van der Waals surface area (Å²) in [6.07, 6.45) is 2.09. The number of carbonyl (C=O) groups excluding carboxylic acids is 1. The van der Waals surface area contributed by atoms with E-state index in [1.54, 1.807) is 17.7 Å². The molecule has 1 fully saturated rings. The number of aryl methyl sites for hydroxylation is 1. The molecular weight excluding hydrogens is 488 g/mol. The average Bonchev–Trinajstić information content (AvgIpc) is 3.13. The lowest BCUT2D eigenvalue weighted by Gasteiger charge is -2.34. The van der Waals surface area contributed by atoms with Gasteiger partial charge in [0.15, 0.2) is 5.82 Å². The number of hydrogen-bond acceptors (Lipinski definition) is 7. The normalized spacial score (nSPS) is 15.5. The van der Waals surface area contributed by atoms with Gasteiger partial charge in [-0.1, -0.05) is 11.6 Å². The summed E-state index contributed by atoms with van der Waals surface area (Å²) in [7, 11) is 1.75. The summed E-state index contributed by atoms with van der Waals surface area (Å²) >= 11 is 7.79. The molecule has 0 bridgehead atoms. The second kappa shape index (κ2) is 10.3. The minimum absolute atomic E-state index is 0.0736. The molecule has 12 heteroatoms. The van der Waals surface area contributed by atoms with Crippen molar-refractivity contribution < 1.29 is 23.0 Å². The van der Waals surface area contributed by atoms with E-state index in [4.69, 9.17) is 21.1 Å². The van der Waals surface area contributed by atoms with E-state index in [0.29, 0.717) is 16.7 Å². The molecule has 0 aliphatic carbocycles. The summed E-state index contributed by atoms with van der Waals surface area (Å²) in [6, 6.07) is 3.07. The van der Waals surface area contributed by atoms with Gasteiger partial charge in [-0.2, -0.15) is 11.8 Å². The number of imidazole rings is 1. The fourth-order valence-corrected chi connectivity index (χ4v) is 5.16. The van der Waals surface area contributed by atoms with Crippen LogP contribution < -0.4 is 14.8 Å². The van der Waals surface area contributed by atoms with Gasteiger partial charge in [-0.15, -0.1) is 0 Å². The van der Waals surface area contributed by atoms with Crippen molar-refractivity contribution in [2.75, 3.05) is 18.1 Å². The van der Waals surface area contributed by atoms with Crippen molar-refractivity contribution in [1.29, 1.82) is 0 Å². The number of hydrogen-bond donors (Lipinski definition) is 1. The Morgan fingerprint density at radius 3 is 2.76 bits per heavy atom. The van der Waals surface area contributed by atoms with Crippen LogP contribution in [0, 0.1) is 0 Å². The Hall–Kier alpha value is -2.66. The van der Waals surface area contributed by atoms with Gasteiger partial charge in [-0.25, -0.2) is 18.7 Å². The number of halogens is 3. The number of carbonyl (C=O) groups is 1. The van der Waals surface area contributed by atoms with Gasteiger partial charge >= 0.3 is 0 Å². The highest BCUT2D eigenvalue weighted by atomic mass is 35.5. The summed E-state index contributed by atoms with van der Waals surface area (Å²) in [5, 5.41) is 3.39. The molecule has 8 nitrogen and oxygen atoms in total. The molecule has 1 N–H and O–H groups in total. The van der Waals surface area contributed by atoms with Crippen molar-refractivity contribution in [3.63, 3.8) is 0 Å². The number of amides is 1. The van der Waals surface area contributed by atoms with Gasteiger partial charge in [0.1, 0.15) is 30.2 Å². The lowest BCUT2D eigenvalue weighted by Crippen LogP contribution is -2.48. The van der Waals surface area contributed by atoms with Crippen LogP contribution in [-0.2, 0) is 13.7 Å². The molecule has 182 valence electrons. The molecule has 0 atom stereocenters. The minimum atomic E-state index is -2.63. The molecule has 1 aliphatic heterocycles. The van der Waals surface area contributed by atoms with Crippen LogP contribution in [0.15, 0.2) is 24.5 Å². The molecule has 34 heavy (non-hydrogen) atoms. The topological polar surface area (TPSA) is 91.2 Å². The van der Waals surface area contributed by atoms with E-state index >= 15 is 0 Å². The molecule has 1 saturated heterocycles. The van der Waals surface area contributed by atoms with Gasteiger partial charge in [-0.05, 0) is 31.3 Å². The van der Waals surface area contributed by atoms with Crippen molar-refractivity contribution in [2.45, 2.75) is 38.3 Å². The molecule has 0 saturated carbocycles. The molecule has 0 spiro atoms. The van der Waals surface area contributed by atoms with Crippen LogP contribution >= 0.6 is 23.4 Å². The first-order valence-corrected chi connectivity index (χ1v) is 12.2. The molecule has 3 aromatic heterocycles. The fraction of sp³-hybridized carbons (Fsp3) is 0.455. The van der Waals surface area contributed by atoms with E-state index in [1.165, 1.54) is 18.5 Å². The number of thioether (sulfide) groups is 1. The van der Waals surface area contributed by atoms with Crippen molar-refractivity contribution >= 4 is 40.3 Å². The molecule has 1 amide bonds. The van der Waals surface area contributed by atoms with Gasteiger partial charge in [-0.3, -0.25) is 9.78 Å². The molecule has 0 unspecified atom stereocenters. The lowest BCUT2D eigenvalue weighted by molar-refractivity contribution is 0.0804. The van der Waals surface area contributed by atoms with E-state index in [0.717, 1.165) is 24.3 Å². The van der Waals surface area contributed by atoms with Crippen LogP contribution in [0.1, 0.15) is 36.1 Å². The second-order valence-corrected chi connectivity index (χ2v) is 9.88. The summed E-state index contributed by atoms with van der Waals surface area (Å²) in [5.41, 5.74) is 1.27. The van der Waals surface area contributed by atoms with E-state index < -0.39 is 13.0 Å². The van der Waals surface area contributed by atoms with Crippen molar-refractivity contribution in [1.82, 2.24) is 24.8 Å². The largest absolute Gasteiger partial charge is 0.486 e. The van der Waals surface area contributed by atoms with Crippen LogP contribution in [0.5, 0.6) is 11.6 Å². The first-order valence-electron chi connectivity index (χ1n) is 10.6. The number of ether oxygens (including phenoxy) is 2. The van der Waals surface area contributed by atoms with Crippen LogP contribution in [0.25, 0.3) is 11.0 Å². The molecule has 3 aromatic rings. The number of rotatable bonds is 8. The van der Waals surface area contributed by atoms with Crippen LogP contribution in [-0.4, -0.2) is 55.5 Å². The summed E-state index contributed by atoms with van der Waals surface area (Å²) in [4.78, 5) is 25.7. The minimum Gasteiger partial charge on any atom is -0.486 e. The van der Waals surface area contributed by atoms with Crippen molar-refractivity contribution in [3.8, 4) is 11.6 Å². The maximum Gasteiger partial charge on any atom is 0.287 e. The van der Waals surface area contributed by atoms with Gasteiger partial charge in [0, 0.05) is 30.9 Å². The number of alkyl halides is 2. The average molecular weight is 512 g/mol. The first-order chi connectivity index (χ1) is 16.2. The lowest BCUT2D eigenvalue weighted by atomic mass is 9.95. The summed E-state index contributed by atoms with van der Waals surface area (Å²) in [6.45, 7) is 1.21. The van der Waals surface area contributed by atoms with Crippen molar-refractivity contribution in [2.24, 2.45) is 7.05 Å². The molecule has 0 aromatic carbocycles. The number of fused-ring (bicyclic) bond motifs is 1. The maximum atomic E-state index is 12.9. The molecule has 0 radical (unpaired) electrons. The zero-order valence-electron chi connectivity index (χ0n) is 18.7. The summed E-state index contributed by atoms with van der Waals surface area (Å²) in [5.74, 6) is 2.46. The Morgan fingerprint density at radius 2 is 2.03 bits per heavy atom. The van der Waals surface area contributed by atoms with E-state index in [2.05, 4.69) is 27.2 Å². The monoisotopic (exact) mass is 511 g/mol. The van der Waals surface area contributed by atoms with Crippen molar-refractivity contribution in [3.05, 3.63) is 41.1 Å². The fourth-order valence-electron chi connectivity index (χ4n) is 3.61. The molecule has 4 heterocycles. The molecular formula is C22H24ClF2N5O3S. The van der Waals surface area contributed by atoms with E-state index in [-0.39, 0.29) is 40.5 Å². The zero-order chi connectivity index (χ0) is 24.3. The maximum absolute atomic E-state index is 12.9. The summed E-state index contributed by atoms with van der Waals surface area (Å²) < 4.78 is 37.6. The van der Waals surface area contributed by atoms with Crippen LogP contribution in [0.3, 0.4) is 0 Å². The standard InChI is InChI=1S/C22H24ClF2N5O3S/c1-22(3-5-34-6-4-22)29-21(31)20-28-14-10-27-19(8-16(14)30(20)2)33-11-15-17(32-12-18(24)25)7-13(23)9-26-15/h7-10,18H,3-6,11-12H2,1-2H3,(H,29,31). The highest BCUT2D eigenvalue weighted by Gasteiger charge is 2.30. The number of nitrogens with zero attached hydrogens (tertiary/aromatic N) is 4. The first kappa shape index (κ1) is 24.5. The predicted molar refractivity (Wildman–Crippen MR) is 126 cm³/mol.